The van der Waals surface area contributed by atoms with E-state index in [2.05, 4.69) is 25.5 Å². The number of carbonyl (C=O) groups excluding carboxylic acids is 1. The van der Waals surface area contributed by atoms with E-state index in [1.165, 1.54) is 19.2 Å². The third kappa shape index (κ3) is 5.89. The molecule has 5 rings (SSSR count). The zero-order chi connectivity index (χ0) is 26.6. The van der Waals surface area contributed by atoms with Gasteiger partial charge in [-0.2, -0.15) is 0 Å². The Balaban J connectivity index is 1.24. The molecule has 0 bridgehead atoms. The number of H-pyrrole nitrogens is 1. The van der Waals surface area contributed by atoms with Gasteiger partial charge in [-0.3, -0.25) is 0 Å². The van der Waals surface area contributed by atoms with Crippen molar-refractivity contribution >= 4 is 59.3 Å². The molecule has 0 aliphatic carbocycles. The van der Waals surface area contributed by atoms with Gasteiger partial charge in [0.1, 0.15) is 0 Å². The van der Waals surface area contributed by atoms with Crippen LogP contribution in [0.3, 0.4) is 0 Å². The van der Waals surface area contributed by atoms with Gasteiger partial charge >= 0.3 is 149 Å². The minimum atomic E-state index is -3.31. The van der Waals surface area contributed by atoms with E-state index in [1.807, 2.05) is 30.5 Å². The van der Waals surface area contributed by atoms with Crippen molar-refractivity contribution in [3.63, 3.8) is 0 Å². The maximum atomic E-state index is 12.8. The number of hydrogen-bond donors (Lipinski definition) is 4. The number of piperidine rings is 1. The number of hydrogen-bond acceptors (Lipinski definition) is 7. The van der Waals surface area contributed by atoms with Gasteiger partial charge in [0, 0.05) is 22.7 Å². The summed E-state index contributed by atoms with van der Waals surface area (Å²) in [5.41, 5.74) is 2.94. The van der Waals surface area contributed by atoms with Crippen LogP contribution in [-0.4, -0.2) is 77.6 Å². The van der Waals surface area contributed by atoms with E-state index in [-0.39, 0.29) is 18.5 Å². The molecule has 1 aliphatic rings. The second kappa shape index (κ2) is 11.6. The predicted octanol–water partition coefficient (Wildman–Crippen LogP) is 2.92. The number of fused-ring (bicyclic) bond motifs is 1. The molecular weight excluding hydrogens is 571 g/mol. The van der Waals surface area contributed by atoms with Crippen LogP contribution in [0.25, 0.3) is 22.2 Å². The van der Waals surface area contributed by atoms with Crippen LogP contribution in [0.5, 0.6) is 5.75 Å². The molecule has 12 heteroatoms. The van der Waals surface area contributed by atoms with Gasteiger partial charge in [-0.15, -0.1) is 0 Å². The van der Waals surface area contributed by atoms with Crippen molar-refractivity contribution in [1.29, 1.82) is 0 Å². The van der Waals surface area contributed by atoms with Gasteiger partial charge < -0.3 is 4.98 Å². The summed E-state index contributed by atoms with van der Waals surface area (Å²) in [7, 11) is 1.49. The molecule has 0 saturated carbocycles. The third-order valence-corrected chi connectivity index (χ3v) is 8.26. The van der Waals surface area contributed by atoms with Crippen LogP contribution in [0.15, 0.2) is 54.9 Å². The zero-order valence-corrected chi connectivity index (χ0v) is 23.3. The van der Waals surface area contributed by atoms with Crippen LogP contribution in [0, 0.1) is 0 Å². The van der Waals surface area contributed by atoms with Gasteiger partial charge in [0.15, 0.2) is 0 Å². The number of methoxy groups -OCH3 is 1. The first kappa shape index (κ1) is 26.3. The van der Waals surface area contributed by atoms with Crippen molar-refractivity contribution in [2.75, 3.05) is 37.4 Å². The number of carbonyl (C=O) groups is 1. The Kier molecular flexibility index (Phi) is 8.04. The fourth-order valence-corrected chi connectivity index (χ4v) is 5.82. The topological polar surface area (TPSA) is 132 Å². The first-order chi connectivity index (χ1) is 18.4. The molecule has 2 aromatic heterocycles. The van der Waals surface area contributed by atoms with Crippen molar-refractivity contribution in [2.24, 2.45) is 0 Å². The van der Waals surface area contributed by atoms with Crippen molar-refractivity contribution in [3.05, 3.63) is 59.9 Å². The summed E-state index contributed by atoms with van der Waals surface area (Å²) < 4.78 is 26.6. The molecule has 10 nitrogen and oxygen atoms in total. The van der Waals surface area contributed by atoms with Crippen LogP contribution in [0.2, 0.25) is 5.02 Å². The Morgan fingerprint density at radius 1 is 1.32 bits per heavy atom. The quantitative estimate of drug-likeness (QED) is 0.228. The zero-order valence-electron chi connectivity index (χ0n) is 20.6. The summed E-state index contributed by atoms with van der Waals surface area (Å²) in [5, 5.41) is 7.72. The second-order valence-electron chi connectivity index (χ2n) is 9.06. The number of aromatic nitrogens is 3. The molecule has 38 heavy (non-hydrogen) atoms. The molecular formula is C26H27AsClN6O4. The molecule has 1 aliphatic heterocycles. The summed E-state index contributed by atoms with van der Waals surface area (Å²) in [6.45, 7) is 1.58. The first-order valence-corrected chi connectivity index (χ1v) is 15.1. The molecule has 2 atom stereocenters. The SMILES string of the molecule is COc1ccc([As](=O)O)cc1NC(=O)CN1CCCC(Nc2ncc(Cl)c(-c3c[nH]c4ccccc34)n2)C1. The monoisotopic (exact) mass is 597 g/mol. The molecule has 2 aromatic carbocycles. The normalized spacial score (nSPS) is 16.3. The molecule has 4 N–H and O–H groups in total. The molecule has 0 spiro atoms. The summed E-state index contributed by atoms with van der Waals surface area (Å²) in [4.78, 5) is 27.2. The summed E-state index contributed by atoms with van der Waals surface area (Å²) in [6.07, 6.45) is 5.31. The van der Waals surface area contributed by atoms with E-state index in [0.29, 0.717) is 39.0 Å². The van der Waals surface area contributed by atoms with Crippen molar-refractivity contribution < 1.29 is 17.4 Å². The van der Waals surface area contributed by atoms with Crippen LogP contribution in [-0.2, 0) is 8.53 Å². The molecule has 3 heterocycles. The number of aromatic amines is 1. The Bertz CT molecular complexity index is 1500. The Morgan fingerprint density at radius 2 is 2.16 bits per heavy atom. The number of para-hydroxylation sites is 1. The maximum absolute atomic E-state index is 12.8. The number of nitrogens with one attached hydrogen (secondary N) is 3. The molecule has 197 valence electrons. The fourth-order valence-electron chi connectivity index (χ4n) is 4.70. The van der Waals surface area contributed by atoms with E-state index in [9.17, 15) is 12.6 Å². The Labute approximate surface area is 229 Å². The molecule has 1 radical (unpaired) electrons. The van der Waals surface area contributed by atoms with Gasteiger partial charge in [-0.1, -0.05) is 29.8 Å². The molecule has 1 amide bonds. The number of halogens is 1. The van der Waals surface area contributed by atoms with Crippen molar-refractivity contribution in [3.8, 4) is 17.0 Å². The average Bonchev–Trinajstić information content (AvgIpc) is 3.34. The van der Waals surface area contributed by atoms with Gasteiger partial charge in [0.25, 0.3) is 0 Å². The Morgan fingerprint density at radius 3 is 2.97 bits per heavy atom. The predicted molar refractivity (Wildman–Crippen MR) is 147 cm³/mol. The molecule has 1 fully saturated rings. The van der Waals surface area contributed by atoms with E-state index in [1.54, 1.807) is 12.3 Å². The number of nitrogens with zero attached hydrogens (tertiary/aromatic N) is 3. The van der Waals surface area contributed by atoms with Crippen molar-refractivity contribution in [2.45, 2.75) is 18.9 Å². The van der Waals surface area contributed by atoms with Crippen LogP contribution >= 0.6 is 11.6 Å². The van der Waals surface area contributed by atoms with Crippen LogP contribution < -0.4 is 19.7 Å². The Hall–Kier alpha value is -3.30. The first-order valence-electron chi connectivity index (χ1n) is 12.1. The number of anilines is 2. The third-order valence-electron chi connectivity index (χ3n) is 6.47. The van der Waals surface area contributed by atoms with E-state index in [0.717, 1.165) is 35.9 Å². The van der Waals surface area contributed by atoms with Crippen LogP contribution in [0.1, 0.15) is 12.8 Å². The van der Waals surface area contributed by atoms with E-state index in [4.69, 9.17) is 21.3 Å². The summed E-state index contributed by atoms with van der Waals surface area (Å²) >= 11 is 3.15. The average molecular weight is 598 g/mol. The summed E-state index contributed by atoms with van der Waals surface area (Å²) in [5.74, 6) is 0.684. The van der Waals surface area contributed by atoms with Gasteiger partial charge in [-0.25, -0.2) is 0 Å². The number of likely N-dealkylation sites (tertiary alicyclic amines) is 1. The number of rotatable bonds is 8. The van der Waals surface area contributed by atoms with Gasteiger partial charge in [0.05, 0.1) is 16.9 Å². The van der Waals surface area contributed by atoms with Gasteiger partial charge in [0.2, 0.25) is 0 Å². The molecule has 2 unspecified atom stereocenters. The van der Waals surface area contributed by atoms with Crippen molar-refractivity contribution in [1.82, 2.24) is 19.9 Å². The van der Waals surface area contributed by atoms with Gasteiger partial charge in [-0.05, 0) is 6.07 Å². The van der Waals surface area contributed by atoms with Crippen LogP contribution in [0.4, 0.5) is 11.6 Å². The minimum absolute atomic E-state index is 0.0494. The van der Waals surface area contributed by atoms with E-state index >= 15 is 0 Å². The fraction of sp³-hybridized carbons (Fsp3) is 0.269. The summed E-state index contributed by atoms with van der Waals surface area (Å²) in [6, 6.07) is 12.6. The standard InChI is InChI=1S/C26H27AsClN6O4/c1-38-23-9-8-16(27(36)37)11-22(23)32-24(35)15-34-10-4-5-17(14-34)31-26-30-13-20(28)25(33-26)19-12-29-21-7-3-2-6-18(19)21/h2-3,6-9,11-13,17,29H,4-5,10,14-15H2,1H3,(H,32,35)(H,36,37)(H,30,31,33). The number of ether oxygens (including phenoxy) is 1. The number of benzene rings is 2. The van der Waals surface area contributed by atoms with E-state index < -0.39 is 14.9 Å². The molecule has 1 saturated heterocycles. The number of amides is 1. The molecule has 4 aromatic rings. The second-order valence-corrected chi connectivity index (χ2v) is 11.7.